The van der Waals surface area contributed by atoms with Gasteiger partial charge in [-0.25, -0.2) is 14.9 Å². The Morgan fingerprint density at radius 2 is 1.97 bits per heavy atom. The molecule has 0 spiro atoms. The average molecular weight is 508 g/mol. The number of hydrogen-bond donors (Lipinski definition) is 4. The number of nitrogens with one attached hydrogen (secondary N) is 4. The van der Waals surface area contributed by atoms with Gasteiger partial charge in [0.2, 0.25) is 0 Å². The van der Waals surface area contributed by atoms with Gasteiger partial charge in [0.25, 0.3) is 5.91 Å². The van der Waals surface area contributed by atoms with Gasteiger partial charge >= 0.3 is 0 Å². The molecule has 2 aliphatic heterocycles. The minimum absolute atomic E-state index is 0.127. The Labute approximate surface area is 211 Å². The summed E-state index contributed by atoms with van der Waals surface area (Å²) in [4.78, 5) is 19.8. The molecule has 0 atom stereocenters. The second-order valence-electron chi connectivity index (χ2n) is 9.06. The molecule has 3 aliphatic rings. The topological polar surface area (TPSA) is 103 Å². The lowest BCUT2D eigenvalue weighted by molar-refractivity contribution is 0.0929. The smallest absolute Gasteiger partial charge is 0.255 e. The van der Waals surface area contributed by atoms with Crippen LogP contribution < -0.4 is 31.4 Å². The highest BCUT2D eigenvalue weighted by molar-refractivity contribution is 6.31. The van der Waals surface area contributed by atoms with E-state index < -0.39 is 5.54 Å². The number of carbonyl (C=O) groups is 1. The van der Waals surface area contributed by atoms with Crippen molar-refractivity contribution in [3.63, 3.8) is 0 Å². The van der Waals surface area contributed by atoms with Gasteiger partial charge < -0.3 is 15.0 Å². The molecule has 1 aromatic heterocycles. The molecule has 4 N–H and O–H groups in total. The monoisotopic (exact) mass is 507 g/mol. The van der Waals surface area contributed by atoms with Crippen molar-refractivity contribution in [3.05, 3.63) is 88.3 Å². The fourth-order valence-electron chi connectivity index (χ4n) is 4.45. The van der Waals surface area contributed by atoms with E-state index in [4.69, 9.17) is 16.3 Å². The zero-order valence-electron chi connectivity index (χ0n) is 19.1. The summed E-state index contributed by atoms with van der Waals surface area (Å²) >= 11 is 6.21. The number of amidine groups is 1. The molecule has 2 fully saturated rings. The Balaban J connectivity index is 1.15. The third kappa shape index (κ3) is 4.40. The SMILES string of the molecule is O=C(NC1(c2ccc(C3=NNNN3)cc2)CC1)c1cc(Cl)cnc1N1CC(Oc2cccc(F)c2)C1. The zero-order chi connectivity index (χ0) is 24.7. The summed E-state index contributed by atoms with van der Waals surface area (Å²) in [6.07, 6.45) is 3.09. The normalized spacial score (nSPS) is 17.9. The lowest BCUT2D eigenvalue weighted by atomic mass is 10.0. The van der Waals surface area contributed by atoms with E-state index in [-0.39, 0.29) is 17.8 Å². The van der Waals surface area contributed by atoms with Crippen molar-refractivity contribution in [2.45, 2.75) is 24.5 Å². The molecule has 1 amide bonds. The lowest BCUT2D eigenvalue weighted by Crippen LogP contribution is -2.55. The van der Waals surface area contributed by atoms with Crippen LogP contribution >= 0.6 is 11.6 Å². The van der Waals surface area contributed by atoms with E-state index in [1.54, 1.807) is 18.2 Å². The average Bonchev–Trinajstić information content (AvgIpc) is 3.42. The fourth-order valence-corrected chi connectivity index (χ4v) is 4.61. The maximum absolute atomic E-state index is 13.4. The first kappa shape index (κ1) is 22.6. The summed E-state index contributed by atoms with van der Waals surface area (Å²) in [5, 5.41) is 7.70. The number of nitrogens with zero attached hydrogens (tertiary/aromatic N) is 3. The molecule has 0 radical (unpaired) electrons. The van der Waals surface area contributed by atoms with Gasteiger partial charge in [-0.3, -0.25) is 10.2 Å². The fraction of sp³-hybridized carbons (Fsp3) is 0.240. The largest absolute Gasteiger partial charge is 0.487 e. The zero-order valence-corrected chi connectivity index (χ0v) is 19.8. The van der Waals surface area contributed by atoms with Crippen LogP contribution in [0.1, 0.15) is 34.3 Å². The molecule has 184 valence electrons. The number of pyridine rings is 1. The number of halogens is 2. The van der Waals surface area contributed by atoms with Gasteiger partial charge in [-0.2, -0.15) is 0 Å². The number of hydrogen-bond acceptors (Lipinski definition) is 8. The van der Waals surface area contributed by atoms with E-state index in [0.717, 1.165) is 24.0 Å². The Bertz CT molecular complexity index is 1340. The predicted molar refractivity (Wildman–Crippen MR) is 133 cm³/mol. The maximum atomic E-state index is 13.4. The van der Waals surface area contributed by atoms with Gasteiger partial charge in [-0.05, 0) is 36.6 Å². The first-order chi connectivity index (χ1) is 17.5. The summed E-state index contributed by atoms with van der Waals surface area (Å²) in [5.41, 5.74) is 10.2. The highest BCUT2D eigenvalue weighted by Gasteiger charge is 2.46. The number of rotatable bonds is 7. The number of ether oxygens (including phenoxy) is 1. The summed E-state index contributed by atoms with van der Waals surface area (Å²) in [6.45, 7) is 1.05. The Morgan fingerprint density at radius 1 is 1.17 bits per heavy atom. The van der Waals surface area contributed by atoms with Gasteiger partial charge in [0, 0.05) is 17.8 Å². The van der Waals surface area contributed by atoms with Crippen LogP contribution in [0.4, 0.5) is 10.2 Å². The van der Waals surface area contributed by atoms with E-state index in [0.29, 0.717) is 41.1 Å². The van der Waals surface area contributed by atoms with Gasteiger partial charge in [0.1, 0.15) is 23.5 Å². The van der Waals surface area contributed by atoms with Crippen LogP contribution in [0, 0.1) is 5.82 Å². The number of anilines is 1. The summed E-state index contributed by atoms with van der Waals surface area (Å²) in [5.74, 6) is 1.15. The molecule has 3 heterocycles. The quantitative estimate of drug-likeness (QED) is 0.390. The molecular formula is C25H23ClFN7O2. The van der Waals surface area contributed by atoms with Crippen LogP contribution in [0.3, 0.4) is 0 Å². The van der Waals surface area contributed by atoms with E-state index in [1.165, 1.54) is 18.3 Å². The molecule has 6 rings (SSSR count). The molecule has 0 unspecified atom stereocenters. The van der Waals surface area contributed by atoms with Crippen LogP contribution in [0.5, 0.6) is 5.75 Å². The van der Waals surface area contributed by atoms with Crippen molar-refractivity contribution in [3.8, 4) is 5.75 Å². The van der Waals surface area contributed by atoms with Crippen molar-refractivity contribution in [2.75, 3.05) is 18.0 Å². The second kappa shape index (κ2) is 8.96. The van der Waals surface area contributed by atoms with Crippen molar-refractivity contribution in [2.24, 2.45) is 5.10 Å². The molecule has 1 saturated carbocycles. The second-order valence-corrected chi connectivity index (χ2v) is 9.50. The van der Waals surface area contributed by atoms with Gasteiger partial charge in [0.15, 0.2) is 5.84 Å². The summed E-state index contributed by atoms with van der Waals surface area (Å²) in [6, 6.07) is 15.6. The van der Waals surface area contributed by atoms with Crippen molar-refractivity contribution < 1.29 is 13.9 Å². The van der Waals surface area contributed by atoms with E-state index in [9.17, 15) is 9.18 Å². The summed E-state index contributed by atoms with van der Waals surface area (Å²) in [7, 11) is 0. The minimum Gasteiger partial charge on any atom is -0.487 e. The number of benzene rings is 2. The predicted octanol–water partition coefficient (Wildman–Crippen LogP) is 2.83. The van der Waals surface area contributed by atoms with Gasteiger partial charge in [0.05, 0.1) is 29.2 Å². The van der Waals surface area contributed by atoms with Crippen LogP contribution in [0.2, 0.25) is 5.02 Å². The highest BCUT2D eigenvalue weighted by Crippen LogP contribution is 2.46. The number of hydrazone groups is 1. The van der Waals surface area contributed by atoms with Crippen molar-refractivity contribution in [1.29, 1.82) is 0 Å². The first-order valence-corrected chi connectivity index (χ1v) is 12.0. The third-order valence-electron chi connectivity index (χ3n) is 6.54. The number of aromatic nitrogens is 1. The number of amides is 1. The maximum Gasteiger partial charge on any atom is 0.255 e. The van der Waals surface area contributed by atoms with E-state index >= 15 is 0 Å². The van der Waals surface area contributed by atoms with Gasteiger partial charge in [-0.15, -0.1) is 10.6 Å². The molecule has 9 nitrogen and oxygen atoms in total. The van der Waals surface area contributed by atoms with Crippen LogP contribution in [0.15, 0.2) is 65.9 Å². The molecule has 36 heavy (non-hydrogen) atoms. The Morgan fingerprint density at radius 3 is 2.67 bits per heavy atom. The molecule has 0 bridgehead atoms. The molecule has 2 aromatic carbocycles. The minimum atomic E-state index is -0.422. The number of hydrazine groups is 2. The molecule has 1 aliphatic carbocycles. The molecule has 3 aromatic rings. The van der Waals surface area contributed by atoms with Crippen molar-refractivity contribution >= 4 is 29.2 Å². The third-order valence-corrected chi connectivity index (χ3v) is 6.75. The van der Waals surface area contributed by atoms with Gasteiger partial charge in [-0.1, -0.05) is 41.9 Å². The Hall–Kier alpha value is -3.89. The summed E-state index contributed by atoms with van der Waals surface area (Å²) < 4.78 is 19.3. The number of carbonyl (C=O) groups excluding carboxylic acids is 1. The van der Waals surface area contributed by atoms with Crippen LogP contribution in [-0.4, -0.2) is 35.9 Å². The molecule has 11 heteroatoms. The standard InChI is InChI=1S/C25H23ClFN7O2/c26-17-10-21(23(28-12-17)34-13-20(14-34)36-19-3-1-2-18(27)11-19)24(35)29-25(8-9-25)16-6-4-15(5-7-16)22-30-32-33-31-22/h1-7,10-12,20,32-33H,8-9,13-14H2,(H,29,35)(H,30,31). The van der Waals surface area contributed by atoms with E-state index in [1.807, 2.05) is 29.2 Å². The van der Waals surface area contributed by atoms with E-state index in [2.05, 4.69) is 31.9 Å². The highest BCUT2D eigenvalue weighted by atomic mass is 35.5. The molecule has 1 saturated heterocycles. The Kier molecular flexibility index (Phi) is 5.62. The van der Waals surface area contributed by atoms with Crippen LogP contribution in [0.25, 0.3) is 0 Å². The van der Waals surface area contributed by atoms with Crippen LogP contribution in [-0.2, 0) is 5.54 Å². The first-order valence-electron chi connectivity index (χ1n) is 11.6. The molecular weight excluding hydrogens is 485 g/mol. The lowest BCUT2D eigenvalue weighted by Gasteiger charge is -2.40. The van der Waals surface area contributed by atoms with Crippen molar-refractivity contribution in [1.82, 2.24) is 26.8 Å².